The van der Waals surface area contributed by atoms with E-state index >= 15 is 0 Å². The third kappa shape index (κ3) is 2.81. The average Bonchev–Trinajstić information content (AvgIpc) is 3.30. The molecule has 2 aromatic carbocycles. The number of aromatic nitrogens is 5. The van der Waals surface area contributed by atoms with Crippen LogP contribution < -0.4 is 5.32 Å². The predicted octanol–water partition coefficient (Wildman–Crippen LogP) is 5.04. The first-order chi connectivity index (χ1) is 13.2. The molecule has 8 heteroatoms. The number of halogens is 1. The van der Waals surface area contributed by atoms with Crippen molar-refractivity contribution in [2.75, 3.05) is 5.32 Å². The van der Waals surface area contributed by atoms with Gasteiger partial charge in [0.15, 0.2) is 0 Å². The number of aryl methyl sites for hydroxylation is 1. The summed E-state index contributed by atoms with van der Waals surface area (Å²) in [6.45, 7) is 0. The summed E-state index contributed by atoms with van der Waals surface area (Å²) in [6, 6.07) is 11.9. The highest BCUT2D eigenvalue weighted by atomic mass is 35.5. The van der Waals surface area contributed by atoms with E-state index in [1.165, 1.54) is 6.33 Å². The van der Waals surface area contributed by atoms with Gasteiger partial charge in [-0.2, -0.15) is 5.10 Å². The normalized spacial score (nSPS) is 11.3. The summed E-state index contributed by atoms with van der Waals surface area (Å²) in [6.07, 6.45) is 3.28. The van der Waals surface area contributed by atoms with Gasteiger partial charge in [0.1, 0.15) is 12.1 Å². The van der Waals surface area contributed by atoms with Crippen molar-refractivity contribution in [3.8, 4) is 11.3 Å². The Morgan fingerprint density at radius 3 is 2.81 bits per heavy atom. The van der Waals surface area contributed by atoms with Crippen LogP contribution in [0.1, 0.15) is 0 Å². The topological polar surface area (TPSA) is 68.5 Å². The van der Waals surface area contributed by atoms with Crippen LogP contribution in [0.25, 0.3) is 32.4 Å². The lowest BCUT2D eigenvalue weighted by molar-refractivity contribution is 0.776. The van der Waals surface area contributed by atoms with Crippen LogP contribution in [-0.4, -0.2) is 24.7 Å². The second kappa shape index (κ2) is 6.29. The molecule has 0 amide bonds. The lowest BCUT2D eigenvalue weighted by Crippen LogP contribution is -1.98. The van der Waals surface area contributed by atoms with Crippen molar-refractivity contribution in [3.63, 3.8) is 0 Å². The van der Waals surface area contributed by atoms with Crippen molar-refractivity contribution in [2.24, 2.45) is 7.05 Å². The summed E-state index contributed by atoms with van der Waals surface area (Å²) in [5.74, 6) is 0.717. The van der Waals surface area contributed by atoms with Crippen LogP contribution in [0.5, 0.6) is 0 Å². The molecule has 0 fully saturated rings. The molecule has 0 unspecified atom stereocenters. The number of rotatable bonds is 3. The van der Waals surface area contributed by atoms with Crippen LogP contribution in [0.15, 0.2) is 54.4 Å². The molecule has 0 bridgehead atoms. The van der Waals surface area contributed by atoms with Gasteiger partial charge in [0.25, 0.3) is 0 Å². The fourth-order valence-electron chi connectivity index (χ4n) is 3.08. The van der Waals surface area contributed by atoms with Gasteiger partial charge in [0.2, 0.25) is 0 Å². The van der Waals surface area contributed by atoms with Gasteiger partial charge in [0, 0.05) is 29.9 Å². The Hall–Kier alpha value is -3.03. The number of anilines is 2. The van der Waals surface area contributed by atoms with Crippen molar-refractivity contribution >= 4 is 55.6 Å². The number of hydrogen-bond acceptors (Lipinski definition) is 6. The Balaban J connectivity index is 1.64. The van der Waals surface area contributed by atoms with Crippen LogP contribution in [0.4, 0.5) is 11.5 Å². The van der Waals surface area contributed by atoms with E-state index in [0.717, 1.165) is 43.9 Å². The third-order valence-corrected chi connectivity index (χ3v) is 5.54. The molecule has 0 atom stereocenters. The van der Waals surface area contributed by atoms with Crippen molar-refractivity contribution in [1.82, 2.24) is 24.7 Å². The molecule has 132 valence electrons. The predicted molar refractivity (Wildman–Crippen MR) is 110 cm³/mol. The lowest BCUT2D eigenvalue weighted by Gasteiger charge is -2.11. The molecule has 0 saturated carbocycles. The molecule has 3 heterocycles. The Bertz CT molecular complexity index is 1290. The van der Waals surface area contributed by atoms with Gasteiger partial charge in [0.05, 0.1) is 32.0 Å². The highest BCUT2D eigenvalue weighted by Crippen LogP contribution is 2.34. The summed E-state index contributed by atoms with van der Waals surface area (Å²) in [5, 5.41) is 9.13. The van der Waals surface area contributed by atoms with E-state index in [4.69, 9.17) is 11.6 Å². The largest absolute Gasteiger partial charge is 0.340 e. The average molecular weight is 393 g/mol. The lowest BCUT2D eigenvalue weighted by atomic mass is 10.1. The van der Waals surface area contributed by atoms with E-state index < -0.39 is 0 Å². The number of nitrogens with one attached hydrogen (secondary N) is 1. The minimum Gasteiger partial charge on any atom is -0.340 e. The van der Waals surface area contributed by atoms with Crippen LogP contribution in [0.2, 0.25) is 5.02 Å². The van der Waals surface area contributed by atoms with Crippen molar-refractivity contribution in [3.05, 3.63) is 59.5 Å². The van der Waals surface area contributed by atoms with Crippen molar-refractivity contribution in [1.29, 1.82) is 0 Å². The van der Waals surface area contributed by atoms with Crippen LogP contribution >= 0.6 is 22.9 Å². The molecule has 5 aromatic rings. The van der Waals surface area contributed by atoms with Crippen molar-refractivity contribution in [2.45, 2.75) is 0 Å². The summed E-state index contributed by atoms with van der Waals surface area (Å²) in [5.41, 5.74) is 6.32. The first-order valence-electron chi connectivity index (χ1n) is 8.22. The molecule has 1 N–H and O–H groups in total. The smallest absolute Gasteiger partial charge is 0.141 e. The van der Waals surface area contributed by atoms with Gasteiger partial charge in [-0.3, -0.25) is 4.68 Å². The summed E-state index contributed by atoms with van der Waals surface area (Å²) < 4.78 is 2.94. The number of benzene rings is 2. The SMILES string of the molecule is Cn1nccc1-c1cc2c(Nc3ccc4scnc4c3)ncnc2cc1Cl. The number of hydrogen-bond donors (Lipinski definition) is 1. The molecule has 0 aliphatic rings. The van der Waals surface area contributed by atoms with Gasteiger partial charge in [-0.1, -0.05) is 11.6 Å². The maximum absolute atomic E-state index is 6.50. The molecular formula is C19H13ClN6S. The van der Waals surface area contributed by atoms with Gasteiger partial charge in [-0.05, 0) is 36.4 Å². The Morgan fingerprint density at radius 2 is 1.96 bits per heavy atom. The van der Waals surface area contributed by atoms with E-state index in [-0.39, 0.29) is 0 Å². The summed E-state index contributed by atoms with van der Waals surface area (Å²) in [4.78, 5) is 13.2. The van der Waals surface area contributed by atoms with E-state index in [2.05, 4.69) is 31.4 Å². The number of fused-ring (bicyclic) bond motifs is 2. The van der Waals surface area contributed by atoms with Gasteiger partial charge in [-0.15, -0.1) is 11.3 Å². The highest BCUT2D eigenvalue weighted by Gasteiger charge is 2.13. The molecule has 0 saturated heterocycles. The highest BCUT2D eigenvalue weighted by molar-refractivity contribution is 7.16. The minimum absolute atomic E-state index is 0.625. The standard InChI is InChI=1S/C19H13ClN6S/c1-26-17(4-5-24-26)12-7-13-15(8-14(12)20)21-9-22-19(13)25-11-2-3-18-16(6-11)23-10-27-18/h2-10H,1H3,(H,21,22,25). The maximum atomic E-state index is 6.50. The molecular weight excluding hydrogens is 380 g/mol. The van der Waals surface area contributed by atoms with Gasteiger partial charge in [-0.25, -0.2) is 15.0 Å². The molecule has 0 aliphatic heterocycles. The second-order valence-corrected chi connectivity index (χ2v) is 7.36. The minimum atomic E-state index is 0.625. The molecule has 0 radical (unpaired) electrons. The quantitative estimate of drug-likeness (QED) is 0.466. The molecule has 27 heavy (non-hydrogen) atoms. The van der Waals surface area contributed by atoms with Crippen LogP contribution in [-0.2, 0) is 7.05 Å². The second-order valence-electron chi connectivity index (χ2n) is 6.07. The Labute approximate surface area is 163 Å². The maximum Gasteiger partial charge on any atom is 0.141 e. The van der Waals surface area contributed by atoms with E-state index in [1.54, 1.807) is 22.2 Å². The first kappa shape index (κ1) is 16.2. The summed E-state index contributed by atoms with van der Waals surface area (Å²) >= 11 is 8.12. The van der Waals surface area contributed by atoms with Gasteiger partial charge < -0.3 is 5.32 Å². The summed E-state index contributed by atoms with van der Waals surface area (Å²) in [7, 11) is 1.89. The molecule has 6 nitrogen and oxygen atoms in total. The fourth-order valence-corrected chi connectivity index (χ4v) is 4.00. The molecule has 0 spiro atoms. The monoisotopic (exact) mass is 392 g/mol. The molecule has 3 aromatic heterocycles. The number of nitrogens with zero attached hydrogens (tertiary/aromatic N) is 5. The van der Waals surface area contributed by atoms with Crippen molar-refractivity contribution < 1.29 is 0 Å². The van der Waals surface area contributed by atoms with Crippen LogP contribution in [0, 0.1) is 0 Å². The van der Waals surface area contributed by atoms with E-state index in [0.29, 0.717) is 5.02 Å². The zero-order valence-electron chi connectivity index (χ0n) is 14.2. The first-order valence-corrected chi connectivity index (χ1v) is 9.48. The van der Waals surface area contributed by atoms with Crippen LogP contribution in [0.3, 0.4) is 0 Å². The number of thiazole rings is 1. The van der Waals surface area contributed by atoms with Gasteiger partial charge >= 0.3 is 0 Å². The molecule has 5 rings (SSSR count). The third-order valence-electron chi connectivity index (χ3n) is 4.41. The molecule has 0 aliphatic carbocycles. The Morgan fingerprint density at radius 1 is 1.04 bits per heavy atom. The van der Waals surface area contributed by atoms with E-state index in [1.807, 2.05) is 42.9 Å². The zero-order valence-corrected chi connectivity index (χ0v) is 15.8. The Kier molecular flexibility index (Phi) is 3.77. The van der Waals surface area contributed by atoms with E-state index in [9.17, 15) is 0 Å². The fraction of sp³-hybridized carbons (Fsp3) is 0.0526. The zero-order chi connectivity index (χ0) is 18.4.